The number of alkyl carbamates (subject to hydrolysis) is 1. The highest BCUT2D eigenvalue weighted by atomic mass is 16.6. The Balaban J connectivity index is 2.87. The van der Waals surface area contributed by atoms with Gasteiger partial charge < -0.3 is 25.6 Å². The van der Waals surface area contributed by atoms with Gasteiger partial charge in [-0.25, -0.2) is 9.59 Å². The Kier molecular flexibility index (Phi) is 6.24. The summed E-state index contributed by atoms with van der Waals surface area (Å²) < 4.78 is 10.8. The highest BCUT2D eigenvalue weighted by molar-refractivity contribution is 5.80. The zero-order chi connectivity index (χ0) is 17.6. The predicted molar refractivity (Wildman–Crippen MR) is 86.4 cm³/mol. The number of hydrogen-bond donors (Lipinski definition) is 3. The number of ether oxygens (including phenoxy) is 2. The summed E-state index contributed by atoms with van der Waals surface area (Å²) in [7, 11) is 0. The molecule has 0 saturated heterocycles. The van der Waals surface area contributed by atoms with E-state index in [1.165, 1.54) is 0 Å². The van der Waals surface area contributed by atoms with Crippen LogP contribution in [0.3, 0.4) is 0 Å². The number of benzene rings is 1. The molecule has 0 aliphatic carbocycles. The molecule has 0 heterocycles. The second kappa shape index (κ2) is 7.71. The van der Waals surface area contributed by atoms with Crippen molar-refractivity contribution in [3.63, 3.8) is 0 Å². The fraction of sp³-hybridized carbons (Fsp3) is 0.500. The number of rotatable bonds is 6. The molecule has 0 aliphatic rings. The van der Waals surface area contributed by atoms with Crippen molar-refractivity contribution < 1.29 is 24.2 Å². The van der Waals surface area contributed by atoms with Crippen molar-refractivity contribution in [3.8, 4) is 5.75 Å². The topological polar surface area (TPSA) is 111 Å². The van der Waals surface area contributed by atoms with Crippen LogP contribution >= 0.6 is 0 Å². The van der Waals surface area contributed by atoms with Crippen LogP contribution < -0.4 is 15.8 Å². The smallest absolute Gasteiger partial charge is 0.408 e. The third-order valence-electron chi connectivity index (χ3n) is 2.91. The van der Waals surface area contributed by atoms with Crippen LogP contribution in [0.1, 0.15) is 34.1 Å². The molecular formula is C16H24N2O5. The summed E-state index contributed by atoms with van der Waals surface area (Å²) >= 11 is 0. The molecule has 0 aliphatic heterocycles. The number of aliphatic carboxylic acids is 1. The van der Waals surface area contributed by atoms with Crippen molar-refractivity contribution in [2.24, 2.45) is 0 Å². The van der Waals surface area contributed by atoms with E-state index in [-0.39, 0.29) is 0 Å². The van der Waals surface area contributed by atoms with Crippen LogP contribution in [0.5, 0.6) is 5.75 Å². The number of carboxylic acids is 1. The van der Waals surface area contributed by atoms with E-state index in [4.69, 9.17) is 15.2 Å². The van der Waals surface area contributed by atoms with Gasteiger partial charge in [-0.05, 0) is 39.3 Å². The van der Waals surface area contributed by atoms with E-state index < -0.39 is 29.8 Å². The summed E-state index contributed by atoms with van der Waals surface area (Å²) in [5.74, 6) is -0.839. The average molecular weight is 324 g/mol. The highest BCUT2D eigenvalue weighted by Gasteiger charge is 2.32. The number of para-hydroxylation sites is 2. The van der Waals surface area contributed by atoms with Crippen molar-refractivity contribution in [2.75, 3.05) is 5.73 Å². The molecule has 23 heavy (non-hydrogen) atoms. The first-order chi connectivity index (χ1) is 10.6. The Morgan fingerprint density at radius 3 is 2.39 bits per heavy atom. The molecule has 1 aromatic rings. The maximum Gasteiger partial charge on any atom is 0.408 e. The van der Waals surface area contributed by atoms with Gasteiger partial charge in [-0.15, -0.1) is 0 Å². The third-order valence-corrected chi connectivity index (χ3v) is 2.91. The van der Waals surface area contributed by atoms with Crippen LogP contribution in [-0.2, 0) is 9.53 Å². The molecule has 4 N–H and O–H groups in total. The van der Waals surface area contributed by atoms with Gasteiger partial charge in [-0.3, -0.25) is 0 Å². The lowest BCUT2D eigenvalue weighted by atomic mass is 10.1. The van der Waals surface area contributed by atoms with Crippen LogP contribution in [0.25, 0.3) is 0 Å². The highest BCUT2D eigenvalue weighted by Crippen LogP contribution is 2.23. The van der Waals surface area contributed by atoms with Crippen molar-refractivity contribution in [1.29, 1.82) is 0 Å². The maximum atomic E-state index is 11.8. The molecule has 2 atom stereocenters. The lowest BCUT2D eigenvalue weighted by Gasteiger charge is -2.27. The minimum absolute atomic E-state index is 0.362. The monoisotopic (exact) mass is 324 g/mol. The Morgan fingerprint density at radius 1 is 1.30 bits per heavy atom. The molecule has 2 unspecified atom stereocenters. The Labute approximate surface area is 135 Å². The largest absolute Gasteiger partial charge is 0.485 e. The lowest BCUT2D eigenvalue weighted by Crippen LogP contribution is -2.51. The van der Waals surface area contributed by atoms with Crippen molar-refractivity contribution in [3.05, 3.63) is 24.3 Å². The number of hydrogen-bond acceptors (Lipinski definition) is 5. The normalized spacial score (nSPS) is 13.7. The number of carbonyl (C=O) groups is 2. The molecule has 0 aromatic heterocycles. The number of amides is 1. The van der Waals surface area contributed by atoms with E-state index in [2.05, 4.69) is 5.32 Å². The van der Waals surface area contributed by atoms with Gasteiger partial charge >= 0.3 is 12.1 Å². The average Bonchev–Trinajstić information content (AvgIpc) is 2.42. The summed E-state index contributed by atoms with van der Waals surface area (Å²) in [6, 6.07) is 5.52. The molecular weight excluding hydrogens is 300 g/mol. The lowest BCUT2D eigenvalue weighted by molar-refractivity contribution is -0.142. The van der Waals surface area contributed by atoms with Crippen LogP contribution in [0.2, 0.25) is 0 Å². The maximum absolute atomic E-state index is 11.8. The van der Waals surface area contributed by atoms with Gasteiger partial charge in [0, 0.05) is 0 Å². The van der Waals surface area contributed by atoms with E-state index in [9.17, 15) is 14.7 Å². The minimum atomic E-state index is -1.26. The number of nitrogens with one attached hydrogen (secondary N) is 1. The Hall–Kier alpha value is -2.44. The summed E-state index contributed by atoms with van der Waals surface area (Å²) in [6.07, 6.45) is -1.24. The second-order valence-corrected chi connectivity index (χ2v) is 6.06. The molecule has 0 saturated carbocycles. The predicted octanol–water partition coefficient (Wildman–Crippen LogP) is 2.40. The Bertz CT molecular complexity index is 554. The van der Waals surface area contributed by atoms with Gasteiger partial charge in [0.15, 0.2) is 6.04 Å². The number of nitrogen functional groups attached to an aromatic ring is 1. The first-order valence-corrected chi connectivity index (χ1v) is 7.37. The molecule has 0 radical (unpaired) electrons. The van der Waals surface area contributed by atoms with Crippen molar-refractivity contribution >= 4 is 17.7 Å². The number of carbonyl (C=O) groups excluding carboxylic acids is 1. The standard InChI is InChI=1S/C16H24N2O5/c1-5-11(22-12-9-7-6-8-10(12)17)13(14(19)20)18-15(21)23-16(2,3)4/h6-9,11,13H,5,17H2,1-4H3,(H,18,21)(H,19,20). The fourth-order valence-corrected chi connectivity index (χ4v) is 1.89. The molecule has 0 spiro atoms. The van der Waals surface area contributed by atoms with Crippen LogP contribution in [0.4, 0.5) is 10.5 Å². The number of carboxylic acid groups (broad SMARTS) is 1. The number of nitrogens with two attached hydrogens (primary N) is 1. The van der Waals surface area contributed by atoms with E-state index >= 15 is 0 Å². The van der Waals surface area contributed by atoms with Crippen LogP contribution in [0, 0.1) is 0 Å². The molecule has 1 amide bonds. The summed E-state index contributed by atoms with van der Waals surface area (Å²) in [4.78, 5) is 23.3. The van der Waals surface area contributed by atoms with Crippen molar-refractivity contribution in [2.45, 2.75) is 51.9 Å². The molecule has 7 nitrogen and oxygen atoms in total. The SMILES string of the molecule is CCC(Oc1ccccc1N)C(NC(=O)OC(C)(C)C)C(=O)O. The zero-order valence-electron chi connectivity index (χ0n) is 13.8. The van der Waals surface area contributed by atoms with E-state index in [1.807, 2.05) is 0 Å². The third kappa shape index (κ3) is 6.06. The molecule has 0 bridgehead atoms. The fourth-order valence-electron chi connectivity index (χ4n) is 1.89. The summed E-state index contributed by atoms with van der Waals surface area (Å²) in [5, 5.41) is 11.7. The minimum Gasteiger partial charge on any atom is -0.485 e. The molecule has 1 aromatic carbocycles. The first-order valence-electron chi connectivity index (χ1n) is 7.37. The van der Waals surface area contributed by atoms with E-state index in [0.717, 1.165) is 0 Å². The zero-order valence-corrected chi connectivity index (χ0v) is 13.8. The molecule has 128 valence electrons. The van der Waals surface area contributed by atoms with Gasteiger partial charge in [0.05, 0.1) is 5.69 Å². The van der Waals surface area contributed by atoms with Crippen molar-refractivity contribution in [1.82, 2.24) is 5.32 Å². The second-order valence-electron chi connectivity index (χ2n) is 6.06. The van der Waals surface area contributed by atoms with Gasteiger partial charge in [-0.2, -0.15) is 0 Å². The van der Waals surface area contributed by atoms with Gasteiger partial charge in [0.1, 0.15) is 17.5 Å². The molecule has 0 fully saturated rings. The quantitative estimate of drug-likeness (QED) is 0.693. The van der Waals surface area contributed by atoms with Gasteiger partial charge in [0.25, 0.3) is 0 Å². The van der Waals surface area contributed by atoms with Crippen LogP contribution in [0.15, 0.2) is 24.3 Å². The first kappa shape index (κ1) is 18.6. The van der Waals surface area contributed by atoms with Gasteiger partial charge in [0.2, 0.25) is 0 Å². The molecule has 1 rings (SSSR count). The van der Waals surface area contributed by atoms with E-state index in [1.54, 1.807) is 52.0 Å². The summed E-state index contributed by atoms with van der Waals surface area (Å²) in [5.41, 5.74) is 5.47. The summed E-state index contributed by atoms with van der Waals surface area (Å²) in [6.45, 7) is 6.85. The number of anilines is 1. The van der Waals surface area contributed by atoms with E-state index in [0.29, 0.717) is 17.9 Å². The van der Waals surface area contributed by atoms with Gasteiger partial charge in [-0.1, -0.05) is 19.1 Å². The van der Waals surface area contributed by atoms with Crippen LogP contribution in [-0.4, -0.2) is 34.9 Å². The molecule has 7 heteroatoms. The Morgan fingerprint density at radius 2 is 1.91 bits per heavy atom.